The second kappa shape index (κ2) is 11.2. The summed E-state index contributed by atoms with van der Waals surface area (Å²) in [4.78, 5) is 22.9. The maximum atomic E-state index is 11.5. The number of carbonyl (C=O) groups is 2. The Hall–Kier alpha value is -2.41. The van der Waals surface area contributed by atoms with E-state index in [4.69, 9.17) is 9.47 Å². The van der Waals surface area contributed by atoms with Crippen molar-refractivity contribution in [1.82, 2.24) is 10.7 Å². The quantitative estimate of drug-likeness (QED) is 0.308. The second-order valence-corrected chi connectivity index (χ2v) is 4.72. The van der Waals surface area contributed by atoms with Crippen molar-refractivity contribution in [2.45, 2.75) is 19.8 Å². The number of methoxy groups -OCH3 is 1. The van der Waals surface area contributed by atoms with Crippen molar-refractivity contribution >= 4 is 18.0 Å². The van der Waals surface area contributed by atoms with E-state index < -0.39 is 11.8 Å². The predicted molar refractivity (Wildman–Crippen MR) is 87.5 cm³/mol. The molecule has 0 aliphatic rings. The van der Waals surface area contributed by atoms with Gasteiger partial charge in [-0.3, -0.25) is 9.59 Å². The van der Waals surface area contributed by atoms with Gasteiger partial charge in [0.05, 0.1) is 12.8 Å². The molecule has 0 bridgehead atoms. The fourth-order valence-corrected chi connectivity index (χ4v) is 1.58. The lowest BCUT2D eigenvalue weighted by Crippen LogP contribution is -2.38. The highest BCUT2D eigenvalue weighted by atomic mass is 16.5. The van der Waals surface area contributed by atoms with E-state index in [1.54, 1.807) is 7.11 Å². The van der Waals surface area contributed by atoms with Gasteiger partial charge in [-0.2, -0.15) is 5.10 Å². The fourth-order valence-electron chi connectivity index (χ4n) is 1.58. The first-order chi connectivity index (χ1) is 11.2. The molecular weight excluding hydrogens is 298 g/mol. The number of hydrogen-bond acceptors (Lipinski definition) is 5. The first-order valence-corrected chi connectivity index (χ1v) is 7.50. The Morgan fingerprint density at radius 2 is 1.91 bits per heavy atom. The van der Waals surface area contributed by atoms with Crippen molar-refractivity contribution in [3.8, 4) is 5.75 Å². The molecule has 0 saturated heterocycles. The molecule has 0 saturated carbocycles. The van der Waals surface area contributed by atoms with Gasteiger partial charge in [0.25, 0.3) is 0 Å². The van der Waals surface area contributed by atoms with Gasteiger partial charge in [-0.1, -0.05) is 6.92 Å². The van der Waals surface area contributed by atoms with E-state index in [1.165, 1.54) is 6.21 Å². The average Bonchev–Trinajstić information content (AvgIpc) is 2.57. The van der Waals surface area contributed by atoms with Crippen LogP contribution in [0.3, 0.4) is 0 Å². The lowest BCUT2D eigenvalue weighted by Gasteiger charge is -2.04. The maximum absolute atomic E-state index is 11.5. The molecule has 0 aromatic heterocycles. The van der Waals surface area contributed by atoms with E-state index in [2.05, 4.69) is 15.8 Å². The minimum Gasteiger partial charge on any atom is -0.494 e. The Kier molecular flexibility index (Phi) is 9.07. The number of nitrogens with one attached hydrogen (secondary N) is 2. The molecule has 2 N–H and O–H groups in total. The summed E-state index contributed by atoms with van der Waals surface area (Å²) in [6.45, 7) is 3.61. The summed E-state index contributed by atoms with van der Waals surface area (Å²) >= 11 is 0. The highest BCUT2D eigenvalue weighted by Crippen LogP contribution is 2.11. The van der Waals surface area contributed by atoms with E-state index >= 15 is 0 Å². The Morgan fingerprint density at radius 1 is 1.17 bits per heavy atom. The van der Waals surface area contributed by atoms with Crippen molar-refractivity contribution in [2.75, 3.05) is 26.9 Å². The van der Waals surface area contributed by atoms with Crippen molar-refractivity contribution in [2.24, 2.45) is 5.10 Å². The maximum Gasteiger partial charge on any atom is 0.329 e. The van der Waals surface area contributed by atoms with Crippen molar-refractivity contribution in [1.29, 1.82) is 0 Å². The Bertz CT molecular complexity index is 515. The van der Waals surface area contributed by atoms with Crippen LogP contribution in [0.2, 0.25) is 0 Å². The number of hydrogen-bond donors (Lipinski definition) is 2. The predicted octanol–water partition coefficient (Wildman–Crippen LogP) is 1.08. The van der Waals surface area contributed by atoms with Crippen molar-refractivity contribution in [3.63, 3.8) is 0 Å². The van der Waals surface area contributed by atoms with Crippen molar-refractivity contribution in [3.05, 3.63) is 29.8 Å². The number of carbonyl (C=O) groups excluding carboxylic acids is 2. The number of nitrogens with zero attached hydrogens (tertiary/aromatic N) is 1. The summed E-state index contributed by atoms with van der Waals surface area (Å²) in [5.41, 5.74) is 2.96. The Balaban J connectivity index is 2.34. The molecule has 0 aliphatic carbocycles. The Labute approximate surface area is 136 Å². The number of amides is 2. The first-order valence-electron chi connectivity index (χ1n) is 7.50. The summed E-state index contributed by atoms with van der Waals surface area (Å²) in [5.74, 6) is -0.744. The third-order valence-electron chi connectivity index (χ3n) is 2.75. The van der Waals surface area contributed by atoms with E-state index in [0.29, 0.717) is 26.2 Å². The molecule has 7 heteroatoms. The van der Waals surface area contributed by atoms with Gasteiger partial charge in [0.15, 0.2) is 0 Å². The van der Waals surface area contributed by atoms with Crippen LogP contribution in [0, 0.1) is 0 Å². The summed E-state index contributed by atoms with van der Waals surface area (Å²) < 4.78 is 10.3. The molecule has 0 radical (unpaired) electrons. The monoisotopic (exact) mass is 321 g/mol. The zero-order valence-electron chi connectivity index (χ0n) is 13.5. The molecule has 1 aromatic carbocycles. The van der Waals surface area contributed by atoms with Crippen LogP contribution in [0.5, 0.6) is 5.75 Å². The number of hydrazone groups is 1. The number of rotatable bonds is 9. The van der Waals surface area contributed by atoms with Gasteiger partial charge in [-0.05, 0) is 42.7 Å². The molecule has 0 atom stereocenters. The molecule has 1 aromatic rings. The SMILES string of the molecule is CCCOc1ccc(/C=N\NC(=O)C(=O)NCCCOC)cc1. The van der Waals surface area contributed by atoms with Crippen LogP contribution in [0.1, 0.15) is 25.3 Å². The van der Waals surface area contributed by atoms with Gasteiger partial charge in [0.2, 0.25) is 0 Å². The zero-order valence-corrected chi connectivity index (χ0v) is 13.5. The molecule has 23 heavy (non-hydrogen) atoms. The van der Waals surface area contributed by atoms with Gasteiger partial charge < -0.3 is 14.8 Å². The third kappa shape index (κ3) is 7.96. The highest BCUT2D eigenvalue weighted by molar-refractivity contribution is 6.35. The second-order valence-electron chi connectivity index (χ2n) is 4.72. The summed E-state index contributed by atoms with van der Waals surface area (Å²) in [7, 11) is 1.58. The minimum absolute atomic E-state index is 0.378. The molecule has 1 rings (SSSR count). The van der Waals surface area contributed by atoms with E-state index in [0.717, 1.165) is 17.7 Å². The van der Waals surface area contributed by atoms with Gasteiger partial charge in [0, 0.05) is 20.3 Å². The van der Waals surface area contributed by atoms with Gasteiger partial charge in [0.1, 0.15) is 5.75 Å². The molecule has 2 amide bonds. The zero-order chi connectivity index (χ0) is 16.9. The van der Waals surface area contributed by atoms with Gasteiger partial charge in [-0.15, -0.1) is 0 Å². The summed E-state index contributed by atoms with van der Waals surface area (Å²) in [6, 6.07) is 7.26. The van der Waals surface area contributed by atoms with Crippen LogP contribution >= 0.6 is 0 Å². The van der Waals surface area contributed by atoms with Crippen molar-refractivity contribution < 1.29 is 19.1 Å². The lowest BCUT2D eigenvalue weighted by molar-refractivity contribution is -0.139. The fraction of sp³-hybridized carbons (Fsp3) is 0.438. The summed E-state index contributed by atoms with van der Waals surface area (Å²) in [5, 5.41) is 6.22. The largest absolute Gasteiger partial charge is 0.494 e. The lowest BCUT2D eigenvalue weighted by atomic mass is 10.2. The molecule has 0 aliphatic heterocycles. The van der Waals surface area contributed by atoms with Crippen LogP contribution < -0.4 is 15.5 Å². The van der Waals surface area contributed by atoms with E-state index in [1.807, 2.05) is 31.2 Å². The molecule has 0 fully saturated rings. The molecule has 126 valence electrons. The number of benzene rings is 1. The number of ether oxygens (including phenoxy) is 2. The molecule has 0 spiro atoms. The molecular formula is C16H23N3O4. The highest BCUT2D eigenvalue weighted by Gasteiger charge is 2.11. The first kappa shape index (κ1) is 18.6. The van der Waals surface area contributed by atoms with E-state index in [-0.39, 0.29) is 0 Å². The van der Waals surface area contributed by atoms with Gasteiger partial charge in [-0.25, -0.2) is 5.43 Å². The minimum atomic E-state index is -0.804. The van der Waals surface area contributed by atoms with Gasteiger partial charge >= 0.3 is 11.8 Å². The average molecular weight is 321 g/mol. The molecule has 0 heterocycles. The topological polar surface area (TPSA) is 89.0 Å². The smallest absolute Gasteiger partial charge is 0.329 e. The standard InChI is InChI=1S/C16H23N3O4/c1-3-10-23-14-7-5-13(6-8-14)12-18-19-16(21)15(20)17-9-4-11-22-2/h5-8,12H,3-4,9-11H2,1-2H3,(H,17,20)(H,19,21)/b18-12-. The third-order valence-corrected chi connectivity index (χ3v) is 2.75. The van der Waals surface area contributed by atoms with E-state index in [9.17, 15) is 9.59 Å². The van der Waals surface area contributed by atoms with Crippen LogP contribution in [-0.2, 0) is 14.3 Å². The van der Waals surface area contributed by atoms with Crippen LogP contribution in [0.15, 0.2) is 29.4 Å². The Morgan fingerprint density at radius 3 is 2.57 bits per heavy atom. The van der Waals surface area contributed by atoms with Crippen LogP contribution in [0.25, 0.3) is 0 Å². The van der Waals surface area contributed by atoms with Crippen LogP contribution in [0.4, 0.5) is 0 Å². The molecule has 0 unspecified atom stereocenters. The molecule has 7 nitrogen and oxygen atoms in total. The van der Waals surface area contributed by atoms with Crippen LogP contribution in [-0.4, -0.2) is 44.9 Å². The normalized spacial score (nSPS) is 10.5. The summed E-state index contributed by atoms with van der Waals surface area (Å²) in [6.07, 6.45) is 3.05.